The van der Waals surface area contributed by atoms with E-state index < -0.39 is 5.41 Å². The summed E-state index contributed by atoms with van der Waals surface area (Å²) >= 11 is 0. The van der Waals surface area contributed by atoms with Crippen LogP contribution >= 0.6 is 0 Å². The number of ether oxygens (including phenoxy) is 1. The number of hydrogen-bond acceptors (Lipinski definition) is 3. The lowest BCUT2D eigenvalue weighted by molar-refractivity contribution is 0.435. The third-order valence-corrected chi connectivity index (χ3v) is 6.01. The Hall–Kier alpha value is -3.50. The SMILES string of the molecule is O[B]Oc1cccc2c1-c1ccccc1C21c2ccccc2Oc2ccccc21. The lowest BCUT2D eigenvalue weighted by atomic mass is 9.66. The maximum absolute atomic E-state index is 9.35. The minimum absolute atomic E-state index is 0.508. The number of benzene rings is 4. The molecule has 4 aromatic carbocycles. The summed E-state index contributed by atoms with van der Waals surface area (Å²) in [6, 6.07) is 30.9. The molecule has 6 rings (SSSR count). The van der Waals surface area contributed by atoms with E-state index >= 15 is 0 Å². The Bertz CT molecular complexity index is 1220. The lowest BCUT2D eigenvalue weighted by Gasteiger charge is -2.39. The zero-order valence-electron chi connectivity index (χ0n) is 15.5. The van der Waals surface area contributed by atoms with E-state index in [0.717, 1.165) is 47.0 Å². The largest absolute Gasteiger partial charge is 0.569 e. The highest BCUT2D eigenvalue weighted by molar-refractivity contribution is 6.17. The zero-order valence-corrected chi connectivity index (χ0v) is 15.5. The second-order valence-electron chi connectivity index (χ2n) is 7.29. The molecule has 4 heteroatoms. The van der Waals surface area contributed by atoms with Crippen LogP contribution in [0, 0.1) is 0 Å². The van der Waals surface area contributed by atoms with E-state index in [-0.39, 0.29) is 0 Å². The van der Waals surface area contributed by atoms with Crippen LogP contribution in [0.4, 0.5) is 0 Å². The summed E-state index contributed by atoms with van der Waals surface area (Å²) in [5, 5.41) is 9.35. The molecule has 1 N–H and O–H groups in total. The van der Waals surface area contributed by atoms with Gasteiger partial charge in [0, 0.05) is 16.7 Å². The minimum Gasteiger partial charge on any atom is -0.537 e. The normalized spacial score (nSPS) is 14.2. The molecule has 0 aromatic heterocycles. The molecule has 1 heterocycles. The van der Waals surface area contributed by atoms with Gasteiger partial charge in [-0.25, -0.2) is 0 Å². The first-order valence-electron chi connectivity index (χ1n) is 9.58. The van der Waals surface area contributed by atoms with Gasteiger partial charge >= 0.3 is 7.69 Å². The van der Waals surface area contributed by atoms with Gasteiger partial charge < -0.3 is 14.4 Å². The van der Waals surface area contributed by atoms with Gasteiger partial charge in [0.05, 0.1) is 5.41 Å². The molecule has 0 atom stereocenters. The number of fused-ring (bicyclic) bond motifs is 9. The molecule has 1 aliphatic heterocycles. The standard InChI is InChI=1S/C25H16BO3/c27-26-29-23-15-7-12-20-24(23)16-8-1-2-9-17(16)25(20)18-10-3-5-13-21(18)28-22-14-6-4-11-19(22)25/h1-15,27H. The first-order chi connectivity index (χ1) is 14.4. The van der Waals surface area contributed by atoms with Crippen LogP contribution in [-0.4, -0.2) is 12.7 Å². The van der Waals surface area contributed by atoms with Crippen molar-refractivity contribution in [3.05, 3.63) is 113 Å². The van der Waals surface area contributed by atoms with E-state index in [1.165, 1.54) is 5.56 Å². The molecule has 2 aliphatic rings. The summed E-state index contributed by atoms with van der Waals surface area (Å²) in [5.74, 6) is 2.35. The topological polar surface area (TPSA) is 38.7 Å². The highest BCUT2D eigenvalue weighted by atomic mass is 16.5. The molecular weight excluding hydrogens is 359 g/mol. The average molecular weight is 375 g/mol. The Labute approximate surface area is 169 Å². The van der Waals surface area contributed by atoms with Crippen molar-refractivity contribution >= 4 is 7.69 Å². The summed E-state index contributed by atoms with van der Waals surface area (Å²) in [6.07, 6.45) is 0. The molecule has 0 saturated heterocycles. The average Bonchev–Trinajstić information content (AvgIpc) is 3.07. The van der Waals surface area contributed by atoms with Crippen molar-refractivity contribution in [1.29, 1.82) is 0 Å². The summed E-state index contributed by atoms with van der Waals surface area (Å²) in [5.41, 5.74) is 6.12. The number of hydrogen-bond donors (Lipinski definition) is 1. The molecule has 29 heavy (non-hydrogen) atoms. The van der Waals surface area contributed by atoms with Gasteiger partial charge in [0.15, 0.2) is 0 Å². The Morgan fingerprint density at radius 1 is 0.655 bits per heavy atom. The van der Waals surface area contributed by atoms with Gasteiger partial charge in [-0.05, 0) is 34.9 Å². The lowest BCUT2D eigenvalue weighted by Crippen LogP contribution is -2.32. The smallest absolute Gasteiger partial charge is 0.537 e. The summed E-state index contributed by atoms with van der Waals surface area (Å²) in [4.78, 5) is 0. The van der Waals surface area contributed by atoms with Crippen molar-refractivity contribution in [2.75, 3.05) is 0 Å². The van der Waals surface area contributed by atoms with E-state index in [0.29, 0.717) is 5.75 Å². The fourth-order valence-corrected chi connectivity index (χ4v) is 5.02. The van der Waals surface area contributed by atoms with Crippen molar-refractivity contribution in [1.82, 2.24) is 0 Å². The van der Waals surface area contributed by atoms with Crippen LogP contribution in [0.5, 0.6) is 17.2 Å². The second kappa shape index (κ2) is 6.00. The quantitative estimate of drug-likeness (QED) is 0.430. The van der Waals surface area contributed by atoms with Crippen LogP contribution < -0.4 is 9.39 Å². The Kier molecular flexibility index (Phi) is 3.40. The Balaban J connectivity index is 1.82. The molecule has 3 nitrogen and oxygen atoms in total. The molecule has 0 amide bonds. The maximum atomic E-state index is 9.35. The first-order valence-corrected chi connectivity index (χ1v) is 9.58. The molecule has 0 fully saturated rings. The van der Waals surface area contributed by atoms with Crippen LogP contribution in [0.3, 0.4) is 0 Å². The summed E-state index contributed by atoms with van der Waals surface area (Å²) in [7, 11) is 0.745. The predicted molar refractivity (Wildman–Crippen MR) is 112 cm³/mol. The summed E-state index contributed by atoms with van der Waals surface area (Å²) < 4.78 is 11.8. The molecule has 4 aromatic rings. The summed E-state index contributed by atoms with van der Waals surface area (Å²) in [6.45, 7) is 0. The van der Waals surface area contributed by atoms with Crippen molar-refractivity contribution in [3.63, 3.8) is 0 Å². The van der Waals surface area contributed by atoms with Gasteiger partial charge in [-0.3, -0.25) is 0 Å². The third-order valence-electron chi connectivity index (χ3n) is 6.01. The van der Waals surface area contributed by atoms with Crippen LogP contribution in [-0.2, 0) is 5.41 Å². The van der Waals surface area contributed by atoms with Crippen molar-refractivity contribution < 1.29 is 14.4 Å². The number of rotatable bonds is 2. The second-order valence-corrected chi connectivity index (χ2v) is 7.29. The van der Waals surface area contributed by atoms with E-state index in [9.17, 15) is 5.02 Å². The van der Waals surface area contributed by atoms with Gasteiger partial charge in [0.1, 0.15) is 17.2 Å². The van der Waals surface area contributed by atoms with E-state index in [4.69, 9.17) is 9.39 Å². The van der Waals surface area contributed by atoms with Crippen LogP contribution in [0.2, 0.25) is 0 Å². The fourth-order valence-electron chi connectivity index (χ4n) is 5.02. The van der Waals surface area contributed by atoms with Gasteiger partial charge in [0.2, 0.25) is 0 Å². The maximum Gasteiger partial charge on any atom is 0.569 e. The zero-order chi connectivity index (χ0) is 19.4. The third kappa shape index (κ3) is 2.01. The minimum atomic E-state index is -0.508. The van der Waals surface area contributed by atoms with Crippen LogP contribution in [0.15, 0.2) is 91.0 Å². The molecule has 1 spiro atoms. The van der Waals surface area contributed by atoms with E-state index in [2.05, 4.69) is 48.5 Å². The molecule has 1 radical (unpaired) electrons. The van der Waals surface area contributed by atoms with Crippen molar-refractivity contribution in [3.8, 4) is 28.4 Å². The Morgan fingerprint density at radius 3 is 1.93 bits per heavy atom. The molecule has 0 bridgehead atoms. The van der Waals surface area contributed by atoms with E-state index in [1.54, 1.807) is 0 Å². The Morgan fingerprint density at radius 2 is 1.24 bits per heavy atom. The molecule has 0 saturated carbocycles. The van der Waals surface area contributed by atoms with Crippen molar-refractivity contribution in [2.24, 2.45) is 0 Å². The number of para-hydroxylation sites is 2. The van der Waals surface area contributed by atoms with Crippen LogP contribution in [0.25, 0.3) is 11.1 Å². The fraction of sp³-hybridized carbons (Fsp3) is 0.0400. The van der Waals surface area contributed by atoms with Gasteiger partial charge in [-0.2, -0.15) is 0 Å². The first kappa shape index (κ1) is 16.5. The van der Waals surface area contributed by atoms with Gasteiger partial charge in [-0.15, -0.1) is 0 Å². The van der Waals surface area contributed by atoms with Gasteiger partial charge in [0.25, 0.3) is 0 Å². The molecule has 137 valence electrons. The molecular formula is C25H16BO3. The highest BCUT2D eigenvalue weighted by Gasteiger charge is 2.51. The van der Waals surface area contributed by atoms with Crippen molar-refractivity contribution in [2.45, 2.75) is 5.41 Å². The predicted octanol–water partition coefficient (Wildman–Crippen LogP) is 5.06. The highest BCUT2D eigenvalue weighted by Crippen LogP contribution is 2.63. The van der Waals surface area contributed by atoms with Gasteiger partial charge in [-0.1, -0.05) is 72.8 Å². The molecule has 0 unspecified atom stereocenters. The molecule has 1 aliphatic carbocycles. The monoisotopic (exact) mass is 375 g/mol. The van der Waals surface area contributed by atoms with E-state index in [1.807, 2.05) is 42.5 Å². The van der Waals surface area contributed by atoms with Crippen LogP contribution in [0.1, 0.15) is 22.3 Å².